The Labute approximate surface area is 120 Å². The molecule has 1 aromatic heterocycles. The van der Waals surface area contributed by atoms with Gasteiger partial charge in [0.1, 0.15) is 11.3 Å². The molecule has 0 saturated carbocycles. The van der Waals surface area contributed by atoms with E-state index in [0.29, 0.717) is 0 Å². The number of hydrogen-bond acceptors (Lipinski definition) is 2. The first-order valence-electron chi connectivity index (χ1n) is 6.87. The smallest absolute Gasteiger partial charge is 0.152 e. The Kier molecular flexibility index (Phi) is 1.84. The molecule has 0 fully saturated rings. The molecular formula is C18H11NO2. The molecule has 2 heterocycles. The van der Waals surface area contributed by atoms with Gasteiger partial charge in [0.25, 0.3) is 0 Å². The van der Waals surface area contributed by atoms with Crippen molar-refractivity contribution in [3.8, 4) is 22.9 Å². The number of nitrogens with zero attached hydrogens (tertiary/aromatic N) is 1. The van der Waals surface area contributed by atoms with E-state index >= 15 is 0 Å². The van der Waals surface area contributed by atoms with Crippen LogP contribution in [-0.2, 0) is 0 Å². The standard InChI is InChI=1S/C18H11NO2/c20-14-9-10-16-18-17(14)11-5-1-2-6-12(11)19(18)13-7-3-4-8-15(13)21-16/h1-10,20H. The van der Waals surface area contributed by atoms with Crippen molar-refractivity contribution < 1.29 is 9.84 Å². The molecular weight excluding hydrogens is 262 g/mol. The summed E-state index contributed by atoms with van der Waals surface area (Å²) < 4.78 is 8.17. The molecule has 0 radical (unpaired) electrons. The molecule has 21 heavy (non-hydrogen) atoms. The Hall–Kier alpha value is -2.94. The second kappa shape index (κ2) is 3.58. The number of fused-ring (bicyclic) bond motifs is 5. The number of hydrogen-bond donors (Lipinski definition) is 1. The van der Waals surface area contributed by atoms with Crippen LogP contribution in [0.1, 0.15) is 0 Å². The average Bonchev–Trinajstić information content (AvgIpc) is 2.88. The van der Waals surface area contributed by atoms with E-state index in [1.807, 2.05) is 48.5 Å². The van der Waals surface area contributed by atoms with E-state index in [9.17, 15) is 5.11 Å². The number of benzene rings is 3. The molecule has 3 nitrogen and oxygen atoms in total. The molecule has 0 amide bonds. The van der Waals surface area contributed by atoms with Gasteiger partial charge in [0.05, 0.1) is 16.6 Å². The van der Waals surface area contributed by atoms with Gasteiger partial charge < -0.3 is 14.4 Å². The topological polar surface area (TPSA) is 34.4 Å². The molecule has 3 aromatic carbocycles. The predicted molar refractivity (Wildman–Crippen MR) is 82.5 cm³/mol. The van der Waals surface area contributed by atoms with Crippen molar-refractivity contribution in [2.45, 2.75) is 0 Å². The molecule has 0 bridgehead atoms. The zero-order valence-corrected chi connectivity index (χ0v) is 11.1. The molecule has 1 N–H and O–H groups in total. The number of rotatable bonds is 0. The fraction of sp³-hybridized carbons (Fsp3) is 0. The van der Waals surface area contributed by atoms with E-state index in [0.717, 1.165) is 39.0 Å². The van der Waals surface area contributed by atoms with Crippen LogP contribution >= 0.6 is 0 Å². The molecule has 0 spiro atoms. The van der Waals surface area contributed by atoms with Crippen LogP contribution in [0.3, 0.4) is 0 Å². The van der Waals surface area contributed by atoms with Gasteiger partial charge in [-0.3, -0.25) is 0 Å². The van der Waals surface area contributed by atoms with Crippen LogP contribution in [0.2, 0.25) is 0 Å². The summed E-state index contributed by atoms with van der Waals surface area (Å²) in [7, 11) is 0. The van der Waals surface area contributed by atoms with Crippen molar-refractivity contribution in [3.05, 3.63) is 60.7 Å². The van der Waals surface area contributed by atoms with Gasteiger partial charge in [-0.1, -0.05) is 30.3 Å². The highest BCUT2D eigenvalue weighted by atomic mass is 16.5. The molecule has 0 atom stereocenters. The van der Waals surface area contributed by atoms with Crippen LogP contribution in [0.4, 0.5) is 0 Å². The van der Waals surface area contributed by atoms with Crippen molar-refractivity contribution >= 4 is 21.8 Å². The van der Waals surface area contributed by atoms with Crippen LogP contribution in [0.25, 0.3) is 27.5 Å². The molecule has 1 aliphatic heterocycles. The van der Waals surface area contributed by atoms with E-state index in [-0.39, 0.29) is 5.75 Å². The Balaban J connectivity index is 2.13. The monoisotopic (exact) mass is 273 g/mol. The summed E-state index contributed by atoms with van der Waals surface area (Å²) in [6.45, 7) is 0. The first-order chi connectivity index (χ1) is 10.3. The van der Waals surface area contributed by atoms with Crippen molar-refractivity contribution in [1.82, 2.24) is 4.57 Å². The number of aromatic hydroxyl groups is 1. The van der Waals surface area contributed by atoms with Gasteiger partial charge >= 0.3 is 0 Å². The summed E-state index contributed by atoms with van der Waals surface area (Å²) >= 11 is 0. The van der Waals surface area contributed by atoms with Gasteiger partial charge in [-0.25, -0.2) is 0 Å². The maximum Gasteiger partial charge on any atom is 0.152 e. The molecule has 0 saturated heterocycles. The fourth-order valence-corrected chi connectivity index (χ4v) is 3.23. The zero-order chi connectivity index (χ0) is 14.0. The zero-order valence-electron chi connectivity index (χ0n) is 11.1. The van der Waals surface area contributed by atoms with E-state index in [2.05, 4.69) is 10.6 Å². The van der Waals surface area contributed by atoms with E-state index in [1.165, 1.54) is 0 Å². The highest BCUT2D eigenvalue weighted by Gasteiger charge is 2.24. The van der Waals surface area contributed by atoms with Crippen LogP contribution in [0.5, 0.6) is 17.2 Å². The Morgan fingerprint density at radius 3 is 2.57 bits per heavy atom. The normalized spacial score (nSPS) is 12.4. The average molecular weight is 273 g/mol. The molecule has 1 aliphatic rings. The Morgan fingerprint density at radius 2 is 1.62 bits per heavy atom. The third kappa shape index (κ3) is 1.23. The molecule has 0 unspecified atom stereocenters. The van der Waals surface area contributed by atoms with Gasteiger partial charge in [0.15, 0.2) is 11.5 Å². The lowest BCUT2D eigenvalue weighted by Gasteiger charge is -2.20. The summed E-state index contributed by atoms with van der Waals surface area (Å²) in [4.78, 5) is 0. The van der Waals surface area contributed by atoms with Crippen molar-refractivity contribution in [3.63, 3.8) is 0 Å². The SMILES string of the molecule is Oc1ccc2c3c1c1ccccc1n3-c1ccccc1O2. The number of para-hydroxylation sites is 3. The number of aromatic nitrogens is 1. The van der Waals surface area contributed by atoms with E-state index < -0.39 is 0 Å². The predicted octanol–water partition coefficient (Wildman–Crippen LogP) is 4.60. The lowest BCUT2D eigenvalue weighted by atomic mass is 10.1. The minimum Gasteiger partial charge on any atom is -0.507 e. The number of ether oxygens (including phenoxy) is 1. The van der Waals surface area contributed by atoms with Crippen LogP contribution in [0.15, 0.2) is 60.7 Å². The second-order valence-corrected chi connectivity index (χ2v) is 5.23. The summed E-state index contributed by atoms with van der Waals surface area (Å²) in [5, 5.41) is 12.2. The maximum absolute atomic E-state index is 10.3. The van der Waals surface area contributed by atoms with Crippen molar-refractivity contribution in [2.75, 3.05) is 0 Å². The van der Waals surface area contributed by atoms with Crippen LogP contribution < -0.4 is 4.74 Å². The highest BCUT2D eigenvalue weighted by Crippen LogP contribution is 2.47. The fourth-order valence-electron chi connectivity index (χ4n) is 3.23. The lowest BCUT2D eigenvalue weighted by Crippen LogP contribution is -2.03. The van der Waals surface area contributed by atoms with Crippen molar-refractivity contribution in [1.29, 1.82) is 0 Å². The molecule has 0 aliphatic carbocycles. The van der Waals surface area contributed by atoms with Crippen LogP contribution in [0, 0.1) is 0 Å². The van der Waals surface area contributed by atoms with E-state index in [1.54, 1.807) is 6.07 Å². The van der Waals surface area contributed by atoms with Gasteiger partial charge in [0.2, 0.25) is 0 Å². The minimum atomic E-state index is 0.284. The molecule has 100 valence electrons. The summed E-state index contributed by atoms with van der Waals surface area (Å²) in [6, 6.07) is 19.6. The Bertz CT molecular complexity index is 1030. The summed E-state index contributed by atoms with van der Waals surface area (Å²) in [5.74, 6) is 1.89. The van der Waals surface area contributed by atoms with Gasteiger partial charge in [0, 0.05) is 5.39 Å². The largest absolute Gasteiger partial charge is 0.507 e. The highest BCUT2D eigenvalue weighted by molar-refractivity contribution is 6.14. The van der Waals surface area contributed by atoms with E-state index in [4.69, 9.17) is 4.74 Å². The van der Waals surface area contributed by atoms with Gasteiger partial charge in [-0.2, -0.15) is 0 Å². The quantitative estimate of drug-likeness (QED) is 0.447. The first kappa shape index (κ1) is 10.8. The lowest BCUT2D eigenvalue weighted by molar-refractivity contribution is 0.467. The first-order valence-corrected chi connectivity index (χ1v) is 6.87. The van der Waals surface area contributed by atoms with Gasteiger partial charge in [-0.15, -0.1) is 0 Å². The minimum absolute atomic E-state index is 0.284. The summed E-state index contributed by atoms with van der Waals surface area (Å²) in [6.07, 6.45) is 0. The second-order valence-electron chi connectivity index (χ2n) is 5.23. The number of phenolic OH excluding ortho intramolecular Hbond substituents is 1. The van der Waals surface area contributed by atoms with Gasteiger partial charge in [-0.05, 0) is 30.3 Å². The third-order valence-corrected chi connectivity index (χ3v) is 4.08. The van der Waals surface area contributed by atoms with Crippen molar-refractivity contribution in [2.24, 2.45) is 0 Å². The maximum atomic E-state index is 10.3. The molecule has 4 aromatic rings. The molecule has 3 heteroatoms. The third-order valence-electron chi connectivity index (χ3n) is 4.08. The molecule has 5 rings (SSSR count). The van der Waals surface area contributed by atoms with Crippen LogP contribution in [-0.4, -0.2) is 9.67 Å². The Morgan fingerprint density at radius 1 is 0.810 bits per heavy atom. The number of phenols is 1. The summed E-state index contributed by atoms with van der Waals surface area (Å²) in [5.41, 5.74) is 3.00.